The summed E-state index contributed by atoms with van der Waals surface area (Å²) in [5.41, 5.74) is 0. The van der Waals surface area contributed by atoms with Gasteiger partial charge in [-0.25, -0.2) is 5.01 Å². The maximum atomic E-state index is 8.24. The van der Waals surface area contributed by atoms with E-state index in [9.17, 15) is 0 Å². The number of nitrogens with zero attached hydrogens (tertiary/aromatic N) is 2. The van der Waals surface area contributed by atoms with Crippen molar-refractivity contribution >= 4 is 0 Å². The Balaban J connectivity index is 3.05. The topological polar surface area (TPSA) is 53.0 Å². The highest BCUT2D eigenvalue weighted by Crippen LogP contribution is 1.95. The first kappa shape index (κ1) is 10.4. The Morgan fingerprint density at radius 1 is 1.36 bits per heavy atom. The van der Waals surface area contributed by atoms with Crippen molar-refractivity contribution < 1.29 is 0 Å². The van der Waals surface area contributed by atoms with Gasteiger partial charge in [-0.3, -0.25) is 5.84 Å². The molecule has 0 aromatic rings. The van der Waals surface area contributed by atoms with Gasteiger partial charge in [-0.2, -0.15) is 5.26 Å². The molecule has 0 atom stereocenters. The molecule has 0 aliphatic carbocycles. The lowest BCUT2D eigenvalue weighted by molar-refractivity contribution is 0.278. The van der Waals surface area contributed by atoms with Crippen LogP contribution in [0.2, 0.25) is 0 Å². The summed E-state index contributed by atoms with van der Waals surface area (Å²) < 4.78 is 0. The first-order valence-corrected chi connectivity index (χ1v) is 4.17. The van der Waals surface area contributed by atoms with E-state index in [0.717, 1.165) is 32.4 Å². The van der Waals surface area contributed by atoms with Crippen molar-refractivity contribution in [2.45, 2.75) is 32.6 Å². The van der Waals surface area contributed by atoms with E-state index < -0.39 is 0 Å². The summed E-state index contributed by atoms with van der Waals surface area (Å²) in [6.45, 7) is 3.97. The summed E-state index contributed by atoms with van der Waals surface area (Å²) in [6, 6.07) is 2.11. The molecule has 0 aromatic heterocycles. The van der Waals surface area contributed by atoms with Crippen LogP contribution in [-0.2, 0) is 0 Å². The minimum Gasteiger partial charge on any atom is -0.269 e. The van der Waals surface area contributed by atoms with Crippen molar-refractivity contribution in [2.24, 2.45) is 5.84 Å². The molecule has 0 aromatic carbocycles. The smallest absolute Gasteiger partial charge is 0.0621 e. The minimum atomic E-state index is 0.653. The van der Waals surface area contributed by atoms with Gasteiger partial charge < -0.3 is 0 Å². The van der Waals surface area contributed by atoms with Crippen molar-refractivity contribution in [3.8, 4) is 6.07 Å². The molecule has 0 heterocycles. The summed E-state index contributed by atoms with van der Waals surface area (Å²) in [4.78, 5) is 0. The SMILES string of the molecule is CCCN(N)CCCCC#N. The number of nitriles is 1. The third-order valence-electron chi connectivity index (χ3n) is 1.49. The lowest BCUT2D eigenvalue weighted by atomic mass is 10.2. The third kappa shape index (κ3) is 7.31. The predicted molar refractivity (Wildman–Crippen MR) is 45.5 cm³/mol. The fraction of sp³-hybridized carbons (Fsp3) is 0.875. The highest BCUT2D eigenvalue weighted by molar-refractivity contribution is 4.68. The Morgan fingerprint density at radius 2 is 2.09 bits per heavy atom. The normalized spacial score (nSPS) is 10.0. The lowest BCUT2D eigenvalue weighted by Crippen LogP contribution is -2.32. The average Bonchev–Trinajstić information content (AvgIpc) is 1.99. The van der Waals surface area contributed by atoms with E-state index in [1.165, 1.54) is 0 Å². The van der Waals surface area contributed by atoms with E-state index in [2.05, 4.69) is 13.0 Å². The Bertz CT molecular complexity index is 117. The molecular formula is C8H17N3. The van der Waals surface area contributed by atoms with Crippen LogP contribution >= 0.6 is 0 Å². The molecule has 0 aliphatic heterocycles. The van der Waals surface area contributed by atoms with Crippen molar-refractivity contribution in [1.29, 1.82) is 5.26 Å². The quantitative estimate of drug-likeness (QED) is 0.357. The van der Waals surface area contributed by atoms with Crippen LogP contribution in [0.5, 0.6) is 0 Å². The highest BCUT2D eigenvalue weighted by Gasteiger charge is 1.95. The number of rotatable bonds is 6. The van der Waals surface area contributed by atoms with E-state index in [-0.39, 0.29) is 0 Å². The van der Waals surface area contributed by atoms with Gasteiger partial charge in [0.1, 0.15) is 0 Å². The molecular weight excluding hydrogens is 138 g/mol. The molecule has 0 saturated heterocycles. The van der Waals surface area contributed by atoms with Gasteiger partial charge in [-0.15, -0.1) is 0 Å². The second-order valence-corrected chi connectivity index (χ2v) is 2.65. The van der Waals surface area contributed by atoms with Gasteiger partial charge in [-0.05, 0) is 19.3 Å². The van der Waals surface area contributed by atoms with E-state index in [4.69, 9.17) is 11.1 Å². The molecule has 0 aliphatic rings. The zero-order chi connectivity index (χ0) is 8.53. The molecule has 0 bridgehead atoms. The molecule has 0 radical (unpaired) electrons. The third-order valence-corrected chi connectivity index (χ3v) is 1.49. The fourth-order valence-corrected chi connectivity index (χ4v) is 0.918. The van der Waals surface area contributed by atoms with E-state index in [1.54, 1.807) is 0 Å². The molecule has 0 amide bonds. The molecule has 11 heavy (non-hydrogen) atoms. The van der Waals surface area contributed by atoms with Gasteiger partial charge in [0, 0.05) is 19.5 Å². The lowest BCUT2D eigenvalue weighted by Gasteiger charge is -2.13. The van der Waals surface area contributed by atoms with Gasteiger partial charge in [0.25, 0.3) is 0 Å². The van der Waals surface area contributed by atoms with Crippen LogP contribution in [0.3, 0.4) is 0 Å². The molecule has 0 spiro atoms. The second kappa shape index (κ2) is 7.52. The van der Waals surface area contributed by atoms with Crippen LogP contribution in [0.15, 0.2) is 0 Å². The van der Waals surface area contributed by atoms with Gasteiger partial charge in [0.05, 0.1) is 6.07 Å². The van der Waals surface area contributed by atoms with E-state index in [1.807, 2.05) is 5.01 Å². The minimum absolute atomic E-state index is 0.653. The number of hydrogen-bond acceptors (Lipinski definition) is 3. The summed E-state index contributed by atoms with van der Waals surface area (Å²) >= 11 is 0. The zero-order valence-electron chi connectivity index (χ0n) is 7.21. The van der Waals surface area contributed by atoms with Crippen LogP contribution in [0.25, 0.3) is 0 Å². The average molecular weight is 155 g/mol. The summed E-state index contributed by atoms with van der Waals surface area (Å²) in [7, 11) is 0. The van der Waals surface area contributed by atoms with Crippen molar-refractivity contribution in [2.75, 3.05) is 13.1 Å². The van der Waals surface area contributed by atoms with E-state index in [0.29, 0.717) is 6.42 Å². The molecule has 0 saturated carbocycles. The monoisotopic (exact) mass is 155 g/mol. The Hall–Kier alpha value is -0.590. The predicted octanol–water partition coefficient (Wildman–Crippen LogP) is 1.27. The van der Waals surface area contributed by atoms with Crippen LogP contribution in [0.1, 0.15) is 32.6 Å². The van der Waals surface area contributed by atoms with Gasteiger partial charge >= 0.3 is 0 Å². The number of hydrogen-bond donors (Lipinski definition) is 1. The molecule has 64 valence electrons. The zero-order valence-corrected chi connectivity index (χ0v) is 7.21. The number of nitrogens with two attached hydrogens (primary N) is 1. The van der Waals surface area contributed by atoms with Crippen LogP contribution in [-0.4, -0.2) is 18.1 Å². The maximum absolute atomic E-state index is 8.24. The van der Waals surface area contributed by atoms with Crippen LogP contribution < -0.4 is 5.84 Å². The summed E-state index contributed by atoms with van der Waals surface area (Å²) in [6.07, 6.45) is 3.74. The van der Waals surface area contributed by atoms with E-state index >= 15 is 0 Å². The Kier molecular flexibility index (Phi) is 7.11. The largest absolute Gasteiger partial charge is 0.269 e. The van der Waals surface area contributed by atoms with Crippen molar-refractivity contribution in [3.05, 3.63) is 0 Å². The summed E-state index contributed by atoms with van der Waals surface area (Å²) in [5, 5.41) is 10.1. The molecule has 2 N–H and O–H groups in total. The highest BCUT2D eigenvalue weighted by atomic mass is 15.4. The van der Waals surface area contributed by atoms with Crippen LogP contribution in [0.4, 0.5) is 0 Å². The van der Waals surface area contributed by atoms with Crippen LogP contribution in [0, 0.1) is 11.3 Å². The second-order valence-electron chi connectivity index (χ2n) is 2.65. The van der Waals surface area contributed by atoms with Gasteiger partial charge in [0.2, 0.25) is 0 Å². The molecule has 3 nitrogen and oxygen atoms in total. The van der Waals surface area contributed by atoms with Gasteiger partial charge in [-0.1, -0.05) is 6.92 Å². The number of unbranched alkanes of at least 4 members (excludes halogenated alkanes) is 2. The Labute approximate surface area is 68.8 Å². The Morgan fingerprint density at radius 3 is 2.64 bits per heavy atom. The molecule has 0 rings (SSSR count). The molecule has 0 unspecified atom stereocenters. The fourth-order valence-electron chi connectivity index (χ4n) is 0.918. The molecule has 0 fully saturated rings. The summed E-state index contributed by atoms with van der Waals surface area (Å²) in [5.74, 6) is 5.62. The van der Waals surface area contributed by atoms with Crippen molar-refractivity contribution in [1.82, 2.24) is 5.01 Å². The standard InChI is InChI=1S/C8H17N3/c1-2-7-11(10)8-5-3-4-6-9/h2-5,7-8,10H2,1H3. The number of hydrazine groups is 1. The molecule has 3 heteroatoms. The maximum Gasteiger partial charge on any atom is 0.0621 e. The first-order chi connectivity index (χ1) is 5.31. The van der Waals surface area contributed by atoms with Crippen molar-refractivity contribution in [3.63, 3.8) is 0 Å². The first-order valence-electron chi connectivity index (χ1n) is 4.17. The van der Waals surface area contributed by atoms with Gasteiger partial charge in [0.15, 0.2) is 0 Å².